The molecule has 8 nitrogen and oxygen atoms in total. The predicted molar refractivity (Wildman–Crippen MR) is 111 cm³/mol. The molecule has 1 heterocycles. The molecule has 1 atom stereocenters. The number of nitro benzene ring substituents is 1. The first-order valence-corrected chi connectivity index (χ1v) is 10.8. The SMILES string of the molecule is CCN(CC)S(=O)(=O)c1ccc(N[C@H](C)c2cc3ccccc3o2)c([N+](=O)[O-])c1. The molecule has 0 saturated heterocycles. The molecule has 0 aliphatic rings. The Labute approximate surface area is 169 Å². The zero-order valence-corrected chi connectivity index (χ0v) is 17.3. The zero-order chi connectivity index (χ0) is 21.2. The normalized spacial score (nSPS) is 13.0. The van der Waals surface area contributed by atoms with Gasteiger partial charge in [0.1, 0.15) is 17.0 Å². The lowest BCUT2D eigenvalue weighted by Crippen LogP contribution is -2.30. The maximum absolute atomic E-state index is 12.7. The van der Waals surface area contributed by atoms with Gasteiger partial charge < -0.3 is 9.73 Å². The molecule has 0 aliphatic carbocycles. The highest BCUT2D eigenvalue weighted by Gasteiger charge is 2.26. The van der Waals surface area contributed by atoms with Crippen molar-refractivity contribution in [2.24, 2.45) is 0 Å². The molecule has 2 aromatic carbocycles. The molecule has 1 N–H and O–H groups in total. The van der Waals surface area contributed by atoms with Crippen LogP contribution in [0.5, 0.6) is 0 Å². The van der Waals surface area contributed by atoms with Gasteiger partial charge in [0.2, 0.25) is 10.0 Å². The summed E-state index contributed by atoms with van der Waals surface area (Å²) in [5.41, 5.74) is 0.647. The molecular formula is C20H23N3O5S. The second-order valence-corrected chi connectivity index (χ2v) is 8.52. The van der Waals surface area contributed by atoms with E-state index in [1.165, 1.54) is 16.4 Å². The van der Waals surface area contributed by atoms with E-state index in [0.717, 1.165) is 17.0 Å². The number of benzene rings is 2. The van der Waals surface area contributed by atoms with E-state index in [2.05, 4.69) is 5.32 Å². The Morgan fingerprint density at radius 2 is 1.83 bits per heavy atom. The Morgan fingerprint density at radius 1 is 1.14 bits per heavy atom. The number of nitrogens with one attached hydrogen (secondary N) is 1. The predicted octanol–water partition coefficient (Wildman–Crippen LogP) is 4.54. The number of fused-ring (bicyclic) bond motifs is 1. The standard InChI is InChI=1S/C20H23N3O5S/c1-4-22(5-2)29(26,27)16-10-11-17(18(13-16)23(24)25)21-14(3)20-12-15-8-6-7-9-19(15)28-20/h6-14,21H,4-5H2,1-3H3/t14-/m1/s1. The molecule has 3 rings (SSSR count). The highest BCUT2D eigenvalue weighted by molar-refractivity contribution is 7.89. The van der Waals surface area contributed by atoms with Crippen molar-refractivity contribution in [1.29, 1.82) is 0 Å². The third kappa shape index (κ3) is 4.10. The van der Waals surface area contributed by atoms with Crippen LogP contribution in [0.25, 0.3) is 11.0 Å². The number of sulfonamides is 1. The van der Waals surface area contributed by atoms with Crippen LogP contribution in [0.2, 0.25) is 0 Å². The highest BCUT2D eigenvalue weighted by Crippen LogP contribution is 2.33. The van der Waals surface area contributed by atoms with Crippen molar-refractivity contribution in [2.75, 3.05) is 18.4 Å². The number of anilines is 1. The van der Waals surface area contributed by atoms with Crippen LogP contribution >= 0.6 is 0 Å². The quantitative estimate of drug-likeness (QED) is 0.426. The van der Waals surface area contributed by atoms with Crippen LogP contribution in [0.1, 0.15) is 32.6 Å². The summed E-state index contributed by atoms with van der Waals surface area (Å²) in [7, 11) is -3.79. The highest BCUT2D eigenvalue weighted by atomic mass is 32.2. The van der Waals surface area contributed by atoms with Crippen molar-refractivity contribution in [3.8, 4) is 0 Å². The van der Waals surface area contributed by atoms with E-state index < -0.39 is 14.9 Å². The molecule has 1 aromatic heterocycles. The lowest BCUT2D eigenvalue weighted by atomic mass is 10.2. The van der Waals surface area contributed by atoms with Crippen LogP contribution in [-0.2, 0) is 10.0 Å². The van der Waals surface area contributed by atoms with E-state index in [0.29, 0.717) is 5.76 Å². The number of hydrogen-bond acceptors (Lipinski definition) is 6. The number of nitro groups is 1. The van der Waals surface area contributed by atoms with Gasteiger partial charge in [0, 0.05) is 24.5 Å². The largest absolute Gasteiger partial charge is 0.459 e. The van der Waals surface area contributed by atoms with E-state index in [1.54, 1.807) is 13.8 Å². The number of furan rings is 1. The minimum atomic E-state index is -3.79. The maximum atomic E-state index is 12.7. The molecule has 0 amide bonds. The van der Waals surface area contributed by atoms with Crippen molar-refractivity contribution in [2.45, 2.75) is 31.7 Å². The fraction of sp³-hybridized carbons (Fsp3) is 0.300. The van der Waals surface area contributed by atoms with E-state index in [1.807, 2.05) is 37.3 Å². The first kappa shape index (κ1) is 20.8. The first-order chi connectivity index (χ1) is 13.8. The Balaban J connectivity index is 1.94. The molecule has 154 valence electrons. The summed E-state index contributed by atoms with van der Waals surface area (Å²) in [5.74, 6) is 0.625. The fourth-order valence-electron chi connectivity index (χ4n) is 3.18. The van der Waals surface area contributed by atoms with Crippen molar-refractivity contribution in [1.82, 2.24) is 4.31 Å². The molecular weight excluding hydrogens is 394 g/mol. The van der Waals surface area contributed by atoms with Gasteiger partial charge in [-0.05, 0) is 31.2 Å². The Hall–Kier alpha value is -2.91. The second kappa shape index (κ2) is 8.22. The number of hydrogen-bond donors (Lipinski definition) is 1. The van der Waals surface area contributed by atoms with E-state index in [-0.39, 0.29) is 35.4 Å². The first-order valence-electron chi connectivity index (χ1n) is 9.31. The molecule has 0 unspecified atom stereocenters. The van der Waals surface area contributed by atoms with Gasteiger partial charge in [-0.2, -0.15) is 4.31 Å². The van der Waals surface area contributed by atoms with Crippen LogP contribution in [-0.4, -0.2) is 30.7 Å². The van der Waals surface area contributed by atoms with Gasteiger partial charge in [0.15, 0.2) is 0 Å². The molecule has 0 radical (unpaired) electrons. The molecule has 0 saturated carbocycles. The van der Waals surface area contributed by atoms with Gasteiger partial charge in [0.25, 0.3) is 5.69 Å². The fourth-order valence-corrected chi connectivity index (χ4v) is 4.66. The molecule has 0 spiro atoms. The summed E-state index contributed by atoms with van der Waals surface area (Å²) in [6.07, 6.45) is 0. The summed E-state index contributed by atoms with van der Waals surface area (Å²) in [4.78, 5) is 10.9. The minimum Gasteiger partial charge on any atom is -0.459 e. The van der Waals surface area contributed by atoms with E-state index in [9.17, 15) is 18.5 Å². The maximum Gasteiger partial charge on any atom is 0.293 e. The van der Waals surface area contributed by atoms with Gasteiger partial charge in [0.05, 0.1) is 15.9 Å². The molecule has 3 aromatic rings. The summed E-state index contributed by atoms with van der Waals surface area (Å²) in [5, 5.41) is 15.6. The average molecular weight is 417 g/mol. The smallest absolute Gasteiger partial charge is 0.293 e. The van der Waals surface area contributed by atoms with Gasteiger partial charge in [-0.25, -0.2) is 8.42 Å². The van der Waals surface area contributed by atoms with Crippen molar-refractivity contribution in [3.63, 3.8) is 0 Å². The van der Waals surface area contributed by atoms with Crippen LogP contribution < -0.4 is 5.32 Å². The number of rotatable bonds is 8. The zero-order valence-electron chi connectivity index (χ0n) is 16.5. The lowest BCUT2D eigenvalue weighted by molar-refractivity contribution is -0.384. The van der Waals surface area contributed by atoms with Crippen LogP contribution in [0.3, 0.4) is 0 Å². The van der Waals surface area contributed by atoms with Crippen LogP contribution in [0, 0.1) is 10.1 Å². The minimum absolute atomic E-state index is 0.102. The molecule has 0 bridgehead atoms. The van der Waals surface area contributed by atoms with Gasteiger partial charge in [-0.3, -0.25) is 10.1 Å². The molecule has 9 heteroatoms. The third-order valence-corrected chi connectivity index (χ3v) is 6.80. The average Bonchev–Trinajstić information content (AvgIpc) is 3.13. The summed E-state index contributed by atoms with van der Waals surface area (Å²) in [6.45, 7) is 5.84. The van der Waals surface area contributed by atoms with Gasteiger partial charge in [-0.1, -0.05) is 32.0 Å². The lowest BCUT2D eigenvalue weighted by Gasteiger charge is -2.19. The van der Waals surface area contributed by atoms with Crippen molar-refractivity contribution in [3.05, 3.63) is 64.4 Å². The van der Waals surface area contributed by atoms with Crippen LogP contribution in [0.4, 0.5) is 11.4 Å². The van der Waals surface area contributed by atoms with Crippen molar-refractivity contribution < 1.29 is 17.8 Å². The van der Waals surface area contributed by atoms with Gasteiger partial charge >= 0.3 is 0 Å². The second-order valence-electron chi connectivity index (χ2n) is 6.58. The Bertz CT molecular complexity index is 1100. The van der Waals surface area contributed by atoms with Gasteiger partial charge in [-0.15, -0.1) is 0 Å². The van der Waals surface area contributed by atoms with E-state index in [4.69, 9.17) is 4.42 Å². The Kier molecular flexibility index (Phi) is 5.90. The molecule has 29 heavy (non-hydrogen) atoms. The Morgan fingerprint density at radius 3 is 2.45 bits per heavy atom. The van der Waals surface area contributed by atoms with Crippen molar-refractivity contribution >= 4 is 32.4 Å². The van der Waals surface area contributed by atoms with E-state index >= 15 is 0 Å². The van der Waals surface area contributed by atoms with Crippen LogP contribution in [0.15, 0.2) is 57.8 Å². The molecule has 0 aliphatic heterocycles. The topological polar surface area (TPSA) is 106 Å². The summed E-state index contributed by atoms with van der Waals surface area (Å²) < 4.78 is 32.4. The third-order valence-electron chi connectivity index (χ3n) is 4.75. The molecule has 0 fully saturated rings. The monoisotopic (exact) mass is 417 g/mol. The number of para-hydroxylation sites is 1. The summed E-state index contributed by atoms with van der Waals surface area (Å²) >= 11 is 0. The summed E-state index contributed by atoms with van der Waals surface area (Å²) in [6, 6.07) is 13.0. The number of nitrogens with zero attached hydrogens (tertiary/aromatic N) is 2.